The van der Waals surface area contributed by atoms with Gasteiger partial charge in [-0.1, -0.05) is 12.1 Å². The number of H-pyrrole nitrogens is 1. The predicted molar refractivity (Wildman–Crippen MR) is 58.5 cm³/mol. The van der Waals surface area contributed by atoms with Gasteiger partial charge in [-0.3, -0.25) is 5.10 Å². The minimum Gasteiger partial charge on any atom is -0.303 e. The predicted octanol–water partition coefficient (Wildman–Crippen LogP) is 2.59. The molecule has 2 rings (SSSR count). The van der Waals surface area contributed by atoms with Crippen LogP contribution in [0.4, 0.5) is 4.39 Å². The maximum atomic E-state index is 13.3. The Morgan fingerprint density at radius 1 is 1.47 bits per heavy atom. The molecule has 0 amide bonds. The number of rotatable bonds is 1. The molecule has 0 saturated carbocycles. The van der Waals surface area contributed by atoms with Gasteiger partial charge in [-0.15, -0.1) is 0 Å². The largest absolute Gasteiger partial charge is 0.303 e. The van der Waals surface area contributed by atoms with Gasteiger partial charge in [0.25, 0.3) is 0 Å². The van der Waals surface area contributed by atoms with E-state index in [-0.39, 0.29) is 5.82 Å². The zero-order valence-corrected chi connectivity index (χ0v) is 9.23. The third-order valence-electron chi connectivity index (χ3n) is 2.31. The van der Waals surface area contributed by atoms with Crippen molar-refractivity contribution in [2.24, 2.45) is 7.05 Å². The number of aryl methyl sites for hydroxylation is 1. The van der Waals surface area contributed by atoms with Crippen LogP contribution in [0.2, 0.25) is 0 Å². The van der Waals surface area contributed by atoms with E-state index in [1.165, 1.54) is 6.07 Å². The summed E-state index contributed by atoms with van der Waals surface area (Å²) in [6.45, 7) is 1.72. The van der Waals surface area contributed by atoms with Crippen molar-refractivity contribution >= 4 is 12.2 Å². The van der Waals surface area contributed by atoms with E-state index in [9.17, 15) is 4.39 Å². The summed E-state index contributed by atoms with van der Waals surface area (Å²) >= 11 is 4.98. The van der Waals surface area contributed by atoms with Crippen LogP contribution in [0.1, 0.15) is 5.56 Å². The molecule has 5 heteroatoms. The highest BCUT2D eigenvalue weighted by molar-refractivity contribution is 7.71. The number of hydrogen-bond donors (Lipinski definition) is 1. The van der Waals surface area contributed by atoms with Gasteiger partial charge in [-0.2, -0.15) is 5.10 Å². The van der Waals surface area contributed by atoms with Gasteiger partial charge in [-0.05, 0) is 30.8 Å². The number of halogens is 1. The van der Waals surface area contributed by atoms with Gasteiger partial charge in [0.1, 0.15) is 5.82 Å². The third kappa shape index (κ3) is 1.70. The average Bonchev–Trinajstić information content (AvgIpc) is 2.53. The zero-order chi connectivity index (χ0) is 11.0. The van der Waals surface area contributed by atoms with E-state index < -0.39 is 0 Å². The molecule has 0 radical (unpaired) electrons. The van der Waals surface area contributed by atoms with Crippen molar-refractivity contribution in [3.8, 4) is 11.4 Å². The fraction of sp³-hybridized carbons (Fsp3) is 0.200. The van der Waals surface area contributed by atoms with Gasteiger partial charge in [0.2, 0.25) is 0 Å². The summed E-state index contributed by atoms with van der Waals surface area (Å²) in [5.41, 5.74) is 1.34. The topological polar surface area (TPSA) is 33.6 Å². The van der Waals surface area contributed by atoms with Crippen LogP contribution in [-0.2, 0) is 7.05 Å². The molecule has 0 aliphatic carbocycles. The van der Waals surface area contributed by atoms with Gasteiger partial charge >= 0.3 is 0 Å². The average molecular weight is 223 g/mol. The van der Waals surface area contributed by atoms with Gasteiger partial charge in [0.15, 0.2) is 10.6 Å². The van der Waals surface area contributed by atoms with Gasteiger partial charge in [0, 0.05) is 12.6 Å². The molecule has 1 aromatic carbocycles. The minimum absolute atomic E-state index is 0.235. The zero-order valence-electron chi connectivity index (χ0n) is 8.41. The van der Waals surface area contributed by atoms with Crippen LogP contribution < -0.4 is 0 Å². The fourth-order valence-electron chi connectivity index (χ4n) is 1.34. The molecule has 0 spiro atoms. The molecule has 1 heterocycles. The smallest absolute Gasteiger partial charge is 0.195 e. The molecule has 0 aliphatic heterocycles. The molecular weight excluding hydrogens is 213 g/mol. The number of nitrogens with zero attached hydrogens (tertiary/aromatic N) is 2. The molecule has 0 bridgehead atoms. The maximum absolute atomic E-state index is 13.3. The monoisotopic (exact) mass is 223 g/mol. The second-order valence-electron chi connectivity index (χ2n) is 3.38. The molecule has 1 N–H and O–H groups in total. The number of hydrogen-bond acceptors (Lipinski definition) is 2. The molecule has 0 unspecified atom stereocenters. The molecule has 1 aromatic heterocycles. The van der Waals surface area contributed by atoms with E-state index in [1.807, 2.05) is 6.07 Å². The minimum atomic E-state index is -0.235. The summed E-state index contributed by atoms with van der Waals surface area (Å²) in [6.07, 6.45) is 0. The van der Waals surface area contributed by atoms with Crippen LogP contribution in [0.25, 0.3) is 11.4 Å². The summed E-state index contributed by atoms with van der Waals surface area (Å²) in [5, 5.41) is 6.70. The molecule has 15 heavy (non-hydrogen) atoms. The van der Waals surface area contributed by atoms with Gasteiger partial charge in [0.05, 0.1) is 0 Å². The first-order chi connectivity index (χ1) is 7.09. The third-order valence-corrected chi connectivity index (χ3v) is 2.67. The van der Waals surface area contributed by atoms with E-state index in [1.54, 1.807) is 24.6 Å². The Balaban J connectivity index is 2.59. The van der Waals surface area contributed by atoms with E-state index in [0.29, 0.717) is 21.7 Å². The lowest BCUT2D eigenvalue weighted by atomic mass is 10.1. The fourth-order valence-corrected chi connectivity index (χ4v) is 1.47. The Hall–Kier alpha value is -1.49. The van der Waals surface area contributed by atoms with Crippen LogP contribution in [0, 0.1) is 17.5 Å². The van der Waals surface area contributed by atoms with Crippen molar-refractivity contribution in [3.63, 3.8) is 0 Å². The lowest BCUT2D eigenvalue weighted by molar-refractivity contribution is 0.618. The van der Waals surface area contributed by atoms with E-state index in [4.69, 9.17) is 12.2 Å². The molecule has 0 saturated heterocycles. The van der Waals surface area contributed by atoms with Gasteiger partial charge in [-0.25, -0.2) is 4.39 Å². The standard InChI is InChI=1S/C10H10FN3S/c1-6-3-4-7(5-8(6)11)9-12-13-10(15)14(9)2/h3-5H,1-2H3,(H,13,15). The van der Waals surface area contributed by atoms with Crippen LogP contribution in [-0.4, -0.2) is 14.8 Å². The highest BCUT2D eigenvalue weighted by Crippen LogP contribution is 2.19. The Kier molecular flexibility index (Phi) is 2.40. The van der Waals surface area contributed by atoms with Crippen LogP contribution >= 0.6 is 12.2 Å². The molecule has 78 valence electrons. The Morgan fingerprint density at radius 3 is 2.73 bits per heavy atom. The SMILES string of the molecule is Cc1ccc(-c2n[nH]c(=S)n2C)cc1F. The van der Waals surface area contributed by atoms with Crippen molar-refractivity contribution in [2.75, 3.05) is 0 Å². The quantitative estimate of drug-likeness (QED) is 0.754. The van der Waals surface area contributed by atoms with E-state index in [0.717, 1.165) is 0 Å². The first-order valence-electron chi connectivity index (χ1n) is 4.47. The molecule has 3 nitrogen and oxygen atoms in total. The summed E-state index contributed by atoms with van der Waals surface area (Å²) in [7, 11) is 1.79. The Morgan fingerprint density at radius 2 is 2.20 bits per heavy atom. The van der Waals surface area contributed by atoms with Crippen molar-refractivity contribution in [3.05, 3.63) is 34.4 Å². The summed E-state index contributed by atoms with van der Waals surface area (Å²) in [4.78, 5) is 0. The summed E-state index contributed by atoms with van der Waals surface area (Å²) < 4.78 is 15.6. The number of nitrogens with one attached hydrogen (secondary N) is 1. The normalized spacial score (nSPS) is 10.6. The maximum Gasteiger partial charge on any atom is 0.195 e. The van der Waals surface area contributed by atoms with Crippen LogP contribution in [0.3, 0.4) is 0 Å². The van der Waals surface area contributed by atoms with E-state index in [2.05, 4.69) is 10.2 Å². The van der Waals surface area contributed by atoms with E-state index >= 15 is 0 Å². The van der Waals surface area contributed by atoms with Crippen LogP contribution in [0.5, 0.6) is 0 Å². The molecule has 2 aromatic rings. The highest BCUT2D eigenvalue weighted by Gasteiger charge is 2.07. The Bertz CT molecular complexity index is 556. The summed E-state index contributed by atoms with van der Waals surface area (Å²) in [6, 6.07) is 5.01. The second-order valence-corrected chi connectivity index (χ2v) is 3.76. The summed E-state index contributed by atoms with van der Waals surface area (Å²) in [5.74, 6) is 0.403. The van der Waals surface area contributed by atoms with Crippen molar-refractivity contribution in [2.45, 2.75) is 6.92 Å². The lowest BCUT2D eigenvalue weighted by Crippen LogP contribution is -1.93. The van der Waals surface area contributed by atoms with Crippen molar-refractivity contribution in [1.82, 2.24) is 14.8 Å². The van der Waals surface area contributed by atoms with Crippen molar-refractivity contribution in [1.29, 1.82) is 0 Å². The van der Waals surface area contributed by atoms with Crippen LogP contribution in [0.15, 0.2) is 18.2 Å². The first kappa shape index (κ1) is 10.0. The molecular formula is C10H10FN3S. The number of aromatic amines is 1. The number of aromatic nitrogens is 3. The highest BCUT2D eigenvalue weighted by atomic mass is 32.1. The molecule has 0 fully saturated rings. The molecule has 0 atom stereocenters. The second kappa shape index (κ2) is 3.58. The van der Waals surface area contributed by atoms with Gasteiger partial charge < -0.3 is 4.57 Å². The van der Waals surface area contributed by atoms with Crippen molar-refractivity contribution < 1.29 is 4.39 Å². The Labute approximate surface area is 91.6 Å². The lowest BCUT2D eigenvalue weighted by Gasteiger charge is -2.02. The first-order valence-corrected chi connectivity index (χ1v) is 4.88. The molecule has 0 aliphatic rings. The number of benzene rings is 1.